The Kier molecular flexibility index (Phi) is 8.21. The Hall–Kier alpha value is -2.86. The van der Waals surface area contributed by atoms with E-state index in [4.69, 9.17) is 11.6 Å². The first-order valence-electron chi connectivity index (χ1n) is 9.61. The Morgan fingerprint density at radius 3 is 2.28 bits per heavy atom. The molecule has 6 nitrogen and oxygen atoms in total. The molecule has 0 bridgehead atoms. The predicted molar refractivity (Wildman–Crippen MR) is 115 cm³/mol. The van der Waals surface area contributed by atoms with Crippen molar-refractivity contribution in [2.45, 2.75) is 33.2 Å². The molecule has 29 heavy (non-hydrogen) atoms. The average molecular weight is 416 g/mol. The van der Waals surface area contributed by atoms with Gasteiger partial charge in [0.25, 0.3) is 11.8 Å². The maximum Gasteiger partial charge on any atom is 0.251 e. The fourth-order valence-corrected chi connectivity index (χ4v) is 2.87. The second-order valence-corrected chi connectivity index (χ2v) is 7.21. The molecule has 7 heteroatoms. The fourth-order valence-electron chi connectivity index (χ4n) is 2.75. The Balaban J connectivity index is 2.15. The summed E-state index contributed by atoms with van der Waals surface area (Å²) in [6.45, 7) is 6.21. The van der Waals surface area contributed by atoms with E-state index in [2.05, 4.69) is 16.0 Å². The van der Waals surface area contributed by atoms with Crippen molar-refractivity contribution in [3.05, 3.63) is 64.7 Å². The minimum Gasteiger partial charge on any atom is -0.352 e. The van der Waals surface area contributed by atoms with Gasteiger partial charge in [-0.15, -0.1) is 0 Å². The summed E-state index contributed by atoms with van der Waals surface area (Å²) in [5, 5.41) is 8.87. The van der Waals surface area contributed by atoms with E-state index in [-0.39, 0.29) is 23.6 Å². The zero-order valence-electron chi connectivity index (χ0n) is 16.8. The van der Waals surface area contributed by atoms with Gasteiger partial charge in [0.15, 0.2) is 0 Å². The van der Waals surface area contributed by atoms with E-state index in [1.165, 1.54) is 0 Å². The summed E-state index contributed by atoms with van der Waals surface area (Å²) >= 11 is 5.87. The van der Waals surface area contributed by atoms with E-state index in [0.29, 0.717) is 34.8 Å². The molecule has 0 heterocycles. The number of hydrogen-bond acceptors (Lipinski definition) is 3. The first-order valence-corrected chi connectivity index (χ1v) is 9.99. The largest absolute Gasteiger partial charge is 0.352 e. The second kappa shape index (κ2) is 10.6. The van der Waals surface area contributed by atoms with Gasteiger partial charge >= 0.3 is 0 Å². The molecular weight excluding hydrogens is 390 g/mol. The SMILES string of the molecule is CCNC(=O)c1cccc(NC(=O)C(NC(=O)c2ccc(Cl)cc2)C(C)CC)c1. The summed E-state index contributed by atoms with van der Waals surface area (Å²) in [6, 6.07) is 12.4. The smallest absolute Gasteiger partial charge is 0.251 e. The van der Waals surface area contributed by atoms with E-state index in [1.807, 2.05) is 20.8 Å². The van der Waals surface area contributed by atoms with Crippen LogP contribution in [0.25, 0.3) is 0 Å². The van der Waals surface area contributed by atoms with Crippen LogP contribution in [0.5, 0.6) is 0 Å². The van der Waals surface area contributed by atoms with Crippen molar-refractivity contribution in [1.82, 2.24) is 10.6 Å². The fraction of sp³-hybridized carbons (Fsp3) is 0.318. The van der Waals surface area contributed by atoms with Crippen LogP contribution in [-0.2, 0) is 4.79 Å². The van der Waals surface area contributed by atoms with Crippen LogP contribution in [0, 0.1) is 5.92 Å². The minimum atomic E-state index is -0.726. The Morgan fingerprint density at radius 1 is 0.966 bits per heavy atom. The summed E-state index contributed by atoms with van der Waals surface area (Å²) in [6.07, 6.45) is 0.706. The third-order valence-corrected chi connectivity index (χ3v) is 4.87. The van der Waals surface area contributed by atoms with Crippen LogP contribution in [0.3, 0.4) is 0 Å². The first-order chi connectivity index (χ1) is 13.8. The van der Waals surface area contributed by atoms with Gasteiger partial charge in [0.2, 0.25) is 5.91 Å². The highest BCUT2D eigenvalue weighted by Crippen LogP contribution is 2.16. The van der Waals surface area contributed by atoms with Crippen molar-refractivity contribution >= 4 is 35.0 Å². The summed E-state index contributed by atoms with van der Waals surface area (Å²) in [5.74, 6) is -0.983. The maximum atomic E-state index is 12.9. The maximum absolute atomic E-state index is 12.9. The Bertz CT molecular complexity index is 868. The number of hydrogen-bond donors (Lipinski definition) is 3. The normalized spacial score (nSPS) is 12.6. The number of halogens is 1. The number of benzene rings is 2. The first kappa shape index (κ1) is 22.4. The predicted octanol–water partition coefficient (Wildman–Crippen LogP) is 3.87. The monoisotopic (exact) mass is 415 g/mol. The molecule has 2 rings (SSSR count). The lowest BCUT2D eigenvalue weighted by atomic mass is 9.97. The molecular formula is C22H26ClN3O3. The van der Waals surface area contributed by atoms with Crippen LogP contribution < -0.4 is 16.0 Å². The lowest BCUT2D eigenvalue weighted by Gasteiger charge is -2.23. The molecule has 0 aromatic heterocycles. The molecule has 154 valence electrons. The van der Waals surface area contributed by atoms with Crippen molar-refractivity contribution < 1.29 is 14.4 Å². The average Bonchev–Trinajstić information content (AvgIpc) is 2.72. The van der Waals surface area contributed by atoms with Gasteiger partial charge in [-0.25, -0.2) is 0 Å². The molecule has 3 amide bonds. The Morgan fingerprint density at radius 2 is 1.66 bits per heavy atom. The number of nitrogens with one attached hydrogen (secondary N) is 3. The van der Waals surface area contributed by atoms with Crippen LogP contribution in [0.2, 0.25) is 5.02 Å². The molecule has 2 atom stereocenters. The molecule has 0 aliphatic carbocycles. The molecule has 0 fully saturated rings. The van der Waals surface area contributed by atoms with E-state index in [9.17, 15) is 14.4 Å². The van der Waals surface area contributed by atoms with Crippen LogP contribution in [-0.4, -0.2) is 30.3 Å². The Labute approximate surface area is 176 Å². The second-order valence-electron chi connectivity index (χ2n) is 6.77. The molecule has 2 unspecified atom stereocenters. The van der Waals surface area contributed by atoms with Crippen LogP contribution in [0.15, 0.2) is 48.5 Å². The van der Waals surface area contributed by atoms with Crippen molar-refractivity contribution in [3.8, 4) is 0 Å². The van der Waals surface area contributed by atoms with E-state index < -0.39 is 6.04 Å². The van der Waals surface area contributed by atoms with Crippen LogP contribution >= 0.6 is 11.6 Å². The summed E-state index contributed by atoms with van der Waals surface area (Å²) in [4.78, 5) is 37.5. The van der Waals surface area contributed by atoms with E-state index in [0.717, 1.165) is 0 Å². The molecule has 2 aromatic rings. The summed E-state index contributed by atoms with van der Waals surface area (Å²) in [7, 11) is 0. The highest BCUT2D eigenvalue weighted by Gasteiger charge is 2.26. The number of amides is 3. The van der Waals surface area contributed by atoms with Crippen molar-refractivity contribution in [2.24, 2.45) is 5.92 Å². The third kappa shape index (κ3) is 6.32. The van der Waals surface area contributed by atoms with Gasteiger partial charge in [-0.3, -0.25) is 14.4 Å². The molecule has 0 saturated carbocycles. The quantitative estimate of drug-likeness (QED) is 0.611. The highest BCUT2D eigenvalue weighted by atomic mass is 35.5. The van der Waals surface area contributed by atoms with Crippen molar-refractivity contribution in [3.63, 3.8) is 0 Å². The molecule has 0 saturated heterocycles. The van der Waals surface area contributed by atoms with Gasteiger partial charge < -0.3 is 16.0 Å². The zero-order chi connectivity index (χ0) is 21.4. The number of carbonyl (C=O) groups excluding carboxylic acids is 3. The molecule has 0 aliphatic heterocycles. The summed E-state index contributed by atoms with van der Waals surface area (Å²) in [5.41, 5.74) is 1.37. The van der Waals surface area contributed by atoms with E-state index in [1.54, 1.807) is 48.5 Å². The van der Waals surface area contributed by atoms with Gasteiger partial charge in [0, 0.05) is 28.4 Å². The van der Waals surface area contributed by atoms with Crippen molar-refractivity contribution in [1.29, 1.82) is 0 Å². The van der Waals surface area contributed by atoms with Gasteiger partial charge in [0.05, 0.1) is 0 Å². The molecule has 0 spiro atoms. The van der Waals surface area contributed by atoms with Gasteiger partial charge in [-0.1, -0.05) is 37.9 Å². The van der Waals surface area contributed by atoms with Crippen molar-refractivity contribution in [2.75, 3.05) is 11.9 Å². The lowest BCUT2D eigenvalue weighted by molar-refractivity contribution is -0.119. The number of rotatable bonds is 8. The van der Waals surface area contributed by atoms with Gasteiger partial charge in [-0.2, -0.15) is 0 Å². The minimum absolute atomic E-state index is 0.0853. The zero-order valence-corrected chi connectivity index (χ0v) is 17.5. The topological polar surface area (TPSA) is 87.3 Å². The highest BCUT2D eigenvalue weighted by molar-refractivity contribution is 6.30. The standard InChI is InChI=1S/C22H26ClN3O3/c1-4-14(3)19(26-21(28)15-9-11-17(23)12-10-15)22(29)25-18-8-6-7-16(13-18)20(27)24-5-2/h6-14,19H,4-5H2,1-3H3,(H,24,27)(H,25,29)(H,26,28). The van der Waals surface area contributed by atoms with Gasteiger partial charge in [0.1, 0.15) is 6.04 Å². The lowest BCUT2D eigenvalue weighted by Crippen LogP contribution is -2.47. The van der Waals surface area contributed by atoms with Gasteiger partial charge in [-0.05, 0) is 55.3 Å². The molecule has 3 N–H and O–H groups in total. The molecule has 0 aliphatic rings. The third-order valence-electron chi connectivity index (χ3n) is 4.62. The van der Waals surface area contributed by atoms with Crippen LogP contribution in [0.4, 0.5) is 5.69 Å². The molecule has 2 aromatic carbocycles. The number of anilines is 1. The number of carbonyl (C=O) groups is 3. The van der Waals surface area contributed by atoms with Crippen LogP contribution in [0.1, 0.15) is 47.9 Å². The summed E-state index contributed by atoms with van der Waals surface area (Å²) < 4.78 is 0. The molecule has 0 radical (unpaired) electrons. The van der Waals surface area contributed by atoms with E-state index >= 15 is 0 Å².